The van der Waals surface area contributed by atoms with Crippen LogP contribution >= 0.6 is 0 Å². The maximum absolute atomic E-state index is 12.2. The van der Waals surface area contributed by atoms with Crippen LogP contribution in [0.5, 0.6) is 11.5 Å². The molecule has 4 rings (SSSR count). The van der Waals surface area contributed by atoms with E-state index in [0.717, 1.165) is 34.7 Å². The van der Waals surface area contributed by atoms with Gasteiger partial charge in [0.2, 0.25) is 5.91 Å². The van der Waals surface area contributed by atoms with Crippen LogP contribution in [0.25, 0.3) is 5.69 Å². The summed E-state index contributed by atoms with van der Waals surface area (Å²) in [6.07, 6.45) is 4.82. The largest absolute Gasteiger partial charge is 0.488 e. The summed E-state index contributed by atoms with van der Waals surface area (Å²) >= 11 is 0. The van der Waals surface area contributed by atoms with E-state index in [1.54, 1.807) is 10.9 Å². The Balaban J connectivity index is 1.24. The number of rotatable bonds is 7. The van der Waals surface area contributed by atoms with Gasteiger partial charge >= 0.3 is 0 Å². The molecule has 0 radical (unpaired) electrons. The lowest BCUT2D eigenvalue weighted by atomic mass is 10.0. The van der Waals surface area contributed by atoms with Crippen molar-refractivity contribution in [3.63, 3.8) is 0 Å². The molecule has 1 aliphatic rings. The van der Waals surface area contributed by atoms with Gasteiger partial charge in [0.25, 0.3) is 0 Å². The van der Waals surface area contributed by atoms with Crippen LogP contribution in [0.2, 0.25) is 0 Å². The third kappa shape index (κ3) is 4.59. The first-order chi connectivity index (χ1) is 14.0. The van der Waals surface area contributed by atoms with E-state index < -0.39 is 0 Å². The summed E-state index contributed by atoms with van der Waals surface area (Å²) in [4.78, 5) is 12.2. The Labute approximate surface area is 170 Å². The van der Waals surface area contributed by atoms with Gasteiger partial charge in [-0.2, -0.15) is 5.10 Å². The Bertz CT molecular complexity index is 979. The molecule has 1 aromatic heterocycles. The molecule has 0 saturated heterocycles. The Morgan fingerprint density at radius 1 is 1.21 bits per heavy atom. The molecule has 0 atom stereocenters. The van der Waals surface area contributed by atoms with E-state index in [1.165, 1.54) is 0 Å². The molecule has 0 spiro atoms. The minimum atomic E-state index is -0.205. The number of fused-ring (bicyclic) bond motifs is 1. The summed E-state index contributed by atoms with van der Waals surface area (Å²) in [5, 5.41) is 7.10. The lowest BCUT2D eigenvalue weighted by Crippen LogP contribution is -2.29. The van der Waals surface area contributed by atoms with Crippen molar-refractivity contribution in [2.45, 2.75) is 32.3 Å². The Morgan fingerprint density at radius 2 is 2.03 bits per heavy atom. The lowest BCUT2D eigenvalue weighted by molar-refractivity contribution is -0.120. The van der Waals surface area contributed by atoms with E-state index in [-0.39, 0.29) is 11.5 Å². The normalized spacial score (nSPS) is 14.1. The van der Waals surface area contributed by atoms with Gasteiger partial charge in [0.15, 0.2) is 11.5 Å². The fourth-order valence-corrected chi connectivity index (χ4v) is 3.49. The van der Waals surface area contributed by atoms with Crippen LogP contribution in [0.1, 0.15) is 25.0 Å². The van der Waals surface area contributed by atoms with Gasteiger partial charge in [-0.3, -0.25) is 4.79 Å². The monoisotopic (exact) mass is 391 g/mol. The van der Waals surface area contributed by atoms with Crippen molar-refractivity contribution in [2.24, 2.45) is 0 Å². The fraction of sp³-hybridized carbons (Fsp3) is 0.304. The third-order valence-corrected chi connectivity index (χ3v) is 4.81. The van der Waals surface area contributed by atoms with Crippen LogP contribution in [0, 0.1) is 0 Å². The van der Waals surface area contributed by atoms with Crippen molar-refractivity contribution in [3.05, 3.63) is 72.1 Å². The van der Waals surface area contributed by atoms with Crippen LogP contribution in [0.15, 0.2) is 60.9 Å². The molecule has 3 aromatic rings. The number of ether oxygens (including phenoxy) is 2. The average molecular weight is 391 g/mol. The highest BCUT2D eigenvalue weighted by Gasteiger charge is 2.32. The van der Waals surface area contributed by atoms with Crippen molar-refractivity contribution in [3.8, 4) is 17.2 Å². The summed E-state index contributed by atoms with van der Waals surface area (Å²) < 4.78 is 13.6. The second-order valence-electron chi connectivity index (χ2n) is 7.78. The van der Waals surface area contributed by atoms with Crippen molar-refractivity contribution >= 4 is 5.91 Å². The quantitative estimate of drug-likeness (QED) is 0.628. The zero-order valence-electron chi connectivity index (χ0n) is 16.7. The highest BCUT2D eigenvalue weighted by molar-refractivity contribution is 5.78. The van der Waals surface area contributed by atoms with Crippen LogP contribution < -0.4 is 14.8 Å². The number of carbonyl (C=O) groups is 1. The van der Waals surface area contributed by atoms with E-state index in [2.05, 4.69) is 30.3 Å². The number of aromatic nitrogens is 2. The fourth-order valence-electron chi connectivity index (χ4n) is 3.49. The van der Waals surface area contributed by atoms with Crippen molar-refractivity contribution < 1.29 is 14.3 Å². The topological polar surface area (TPSA) is 65.4 Å². The number of para-hydroxylation sites is 1. The third-order valence-electron chi connectivity index (χ3n) is 4.81. The molecule has 1 amide bonds. The molecule has 29 heavy (non-hydrogen) atoms. The minimum Gasteiger partial charge on any atom is -0.488 e. The number of hydrogen-bond acceptors (Lipinski definition) is 4. The second kappa shape index (κ2) is 7.99. The molecule has 0 fully saturated rings. The highest BCUT2D eigenvalue weighted by atomic mass is 16.5. The van der Waals surface area contributed by atoms with Crippen LogP contribution in [-0.4, -0.2) is 34.4 Å². The Morgan fingerprint density at radius 3 is 2.79 bits per heavy atom. The highest BCUT2D eigenvalue weighted by Crippen LogP contribution is 2.41. The molecular formula is C23H25N3O3. The van der Waals surface area contributed by atoms with Gasteiger partial charge in [0, 0.05) is 24.4 Å². The molecule has 1 N–H and O–H groups in total. The molecule has 0 saturated carbocycles. The standard InChI is InChI=1S/C23H25N3O3/c1-23(2)16-18-5-3-6-20(22(18)29-23)28-14-12-24-21(27)15-17-7-9-19(10-8-17)26-13-4-11-25-26/h3-11,13H,12,14-16H2,1-2H3,(H,24,27). The van der Waals surface area contributed by atoms with Crippen molar-refractivity contribution in [1.82, 2.24) is 15.1 Å². The van der Waals surface area contributed by atoms with Crippen molar-refractivity contribution in [1.29, 1.82) is 0 Å². The molecule has 6 heteroatoms. The summed E-state index contributed by atoms with van der Waals surface area (Å²) in [6.45, 7) is 4.97. The first-order valence-corrected chi connectivity index (χ1v) is 9.79. The molecule has 0 unspecified atom stereocenters. The summed E-state index contributed by atoms with van der Waals surface area (Å²) in [5.74, 6) is 1.52. The van der Waals surface area contributed by atoms with Gasteiger partial charge in [0.05, 0.1) is 18.7 Å². The number of nitrogens with one attached hydrogen (secondary N) is 1. The summed E-state index contributed by atoms with van der Waals surface area (Å²) in [5.41, 5.74) is 2.88. The number of benzene rings is 2. The molecule has 150 valence electrons. The molecular weight excluding hydrogens is 366 g/mol. The van der Waals surface area contributed by atoms with E-state index >= 15 is 0 Å². The van der Waals surface area contributed by atoms with E-state index in [9.17, 15) is 4.79 Å². The minimum absolute atomic E-state index is 0.0314. The molecule has 1 aliphatic heterocycles. The molecule has 2 aromatic carbocycles. The van der Waals surface area contributed by atoms with Crippen LogP contribution in [0.3, 0.4) is 0 Å². The predicted molar refractivity (Wildman–Crippen MR) is 111 cm³/mol. The average Bonchev–Trinajstić information content (AvgIpc) is 3.32. The van der Waals surface area contributed by atoms with E-state index in [0.29, 0.717) is 19.6 Å². The maximum Gasteiger partial charge on any atom is 0.224 e. The van der Waals surface area contributed by atoms with Crippen LogP contribution in [0.4, 0.5) is 0 Å². The van der Waals surface area contributed by atoms with Gasteiger partial charge in [0.1, 0.15) is 12.2 Å². The number of carbonyl (C=O) groups excluding carboxylic acids is 1. The second-order valence-corrected chi connectivity index (χ2v) is 7.78. The molecule has 2 heterocycles. The Kier molecular flexibility index (Phi) is 5.25. The van der Waals surface area contributed by atoms with Gasteiger partial charge in [-0.1, -0.05) is 24.3 Å². The number of hydrogen-bond donors (Lipinski definition) is 1. The zero-order valence-corrected chi connectivity index (χ0v) is 16.7. The van der Waals surface area contributed by atoms with E-state index in [1.807, 2.05) is 48.7 Å². The van der Waals surface area contributed by atoms with Crippen molar-refractivity contribution in [2.75, 3.05) is 13.2 Å². The van der Waals surface area contributed by atoms with E-state index in [4.69, 9.17) is 9.47 Å². The smallest absolute Gasteiger partial charge is 0.224 e. The Hall–Kier alpha value is -3.28. The van der Waals surface area contributed by atoms with Gasteiger partial charge in [-0.15, -0.1) is 0 Å². The van der Waals surface area contributed by atoms with Gasteiger partial charge in [-0.25, -0.2) is 4.68 Å². The number of nitrogens with zero attached hydrogens (tertiary/aromatic N) is 2. The maximum atomic E-state index is 12.2. The molecule has 0 aliphatic carbocycles. The first kappa shape index (κ1) is 19.1. The van der Waals surface area contributed by atoms with Crippen LogP contribution in [-0.2, 0) is 17.6 Å². The predicted octanol–water partition coefficient (Wildman–Crippen LogP) is 3.32. The lowest BCUT2D eigenvalue weighted by Gasteiger charge is -2.18. The van der Waals surface area contributed by atoms with Gasteiger partial charge in [-0.05, 0) is 43.7 Å². The van der Waals surface area contributed by atoms with Gasteiger partial charge < -0.3 is 14.8 Å². The molecule has 0 bridgehead atoms. The number of amides is 1. The summed E-state index contributed by atoms with van der Waals surface area (Å²) in [6, 6.07) is 15.6. The zero-order chi connectivity index (χ0) is 20.3. The first-order valence-electron chi connectivity index (χ1n) is 9.79. The molecule has 6 nitrogen and oxygen atoms in total. The summed E-state index contributed by atoms with van der Waals surface area (Å²) in [7, 11) is 0. The SMILES string of the molecule is CC1(C)Cc2cccc(OCCNC(=O)Cc3ccc(-n4cccn4)cc3)c2O1.